The molecule has 0 aromatic rings. The highest BCUT2D eigenvalue weighted by Crippen LogP contribution is 2.33. The number of carbonyl (C=O) groups excluding carboxylic acids is 4. The molecule has 2 bridgehead atoms. The molecule has 40 heavy (non-hydrogen) atoms. The number of carbonyl (C=O) groups is 4. The lowest BCUT2D eigenvalue weighted by Crippen LogP contribution is -2.58. The van der Waals surface area contributed by atoms with Gasteiger partial charge in [0.15, 0.2) is 0 Å². The van der Waals surface area contributed by atoms with Crippen molar-refractivity contribution in [1.82, 2.24) is 4.90 Å². The molecule has 226 valence electrons. The summed E-state index contributed by atoms with van der Waals surface area (Å²) in [5.41, 5.74) is 1.14. The molecule has 0 radical (unpaired) electrons. The second-order valence-electron chi connectivity index (χ2n) is 12.3. The number of rotatable bonds is 2. The molecule has 0 N–H and O–H groups in total. The van der Waals surface area contributed by atoms with Gasteiger partial charge < -0.3 is 23.8 Å². The van der Waals surface area contributed by atoms with Crippen LogP contribution in [0, 0.1) is 17.8 Å². The van der Waals surface area contributed by atoms with E-state index < -0.39 is 35.9 Å². The first-order chi connectivity index (χ1) is 19.0. The average Bonchev–Trinajstić information content (AvgIpc) is 2.95. The van der Waals surface area contributed by atoms with Crippen LogP contribution in [0.5, 0.6) is 0 Å². The second kappa shape index (κ2) is 15.2. The lowest BCUT2D eigenvalue weighted by Gasteiger charge is -2.43. The highest BCUT2D eigenvalue weighted by Gasteiger charge is 2.47. The van der Waals surface area contributed by atoms with Gasteiger partial charge >= 0.3 is 5.97 Å². The third kappa shape index (κ3) is 8.46. The van der Waals surface area contributed by atoms with Crippen LogP contribution in [0.4, 0.5) is 0 Å². The molecular weight excluding hydrogens is 514 g/mol. The van der Waals surface area contributed by atoms with Crippen molar-refractivity contribution < 1.29 is 38.1 Å². The Kier molecular flexibility index (Phi) is 12.3. The van der Waals surface area contributed by atoms with Crippen LogP contribution < -0.4 is 0 Å². The Bertz CT molecular complexity index is 932. The summed E-state index contributed by atoms with van der Waals surface area (Å²) in [6.45, 7) is 8.51. The van der Waals surface area contributed by atoms with Gasteiger partial charge in [0.05, 0.1) is 18.8 Å². The number of piperidine rings is 1. The van der Waals surface area contributed by atoms with E-state index in [1.165, 1.54) is 4.90 Å². The monoisotopic (exact) mass is 563 g/mol. The maximum Gasteiger partial charge on any atom is 0.328 e. The first-order valence-corrected chi connectivity index (χ1v) is 14.9. The van der Waals surface area contributed by atoms with Gasteiger partial charge in [0.25, 0.3) is 5.91 Å². The van der Waals surface area contributed by atoms with E-state index >= 15 is 0 Å². The predicted molar refractivity (Wildman–Crippen MR) is 150 cm³/mol. The smallest absolute Gasteiger partial charge is 0.328 e. The summed E-state index contributed by atoms with van der Waals surface area (Å²) >= 11 is 0. The number of Topliss-reactive ketones (excluding diaryl/α,β-unsaturated/α-hetero) is 2. The van der Waals surface area contributed by atoms with Crippen LogP contribution in [0.3, 0.4) is 0 Å². The van der Waals surface area contributed by atoms with Crippen LogP contribution in [-0.4, -0.2) is 86.2 Å². The van der Waals surface area contributed by atoms with Gasteiger partial charge in [0, 0.05) is 33.6 Å². The third-order valence-corrected chi connectivity index (χ3v) is 8.68. The molecule has 8 unspecified atom stereocenters. The molecule has 9 heteroatoms. The summed E-state index contributed by atoms with van der Waals surface area (Å²) < 4.78 is 23.6. The van der Waals surface area contributed by atoms with Gasteiger partial charge in [-0.15, -0.1) is 0 Å². The Hall–Kier alpha value is -2.10. The van der Waals surface area contributed by atoms with Gasteiger partial charge in [-0.3, -0.25) is 14.4 Å². The number of amides is 1. The van der Waals surface area contributed by atoms with Gasteiger partial charge in [-0.1, -0.05) is 32.4 Å². The van der Waals surface area contributed by atoms with Crippen LogP contribution in [0.2, 0.25) is 0 Å². The number of ether oxygens (including phenoxy) is 4. The maximum atomic E-state index is 13.6. The van der Waals surface area contributed by atoms with E-state index in [-0.39, 0.29) is 42.4 Å². The zero-order valence-corrected chi connectivity index (χ0v) is 25.2. The SMILES string of the molecule is COC1CC(C)CC(C)=CCC(=O)CCC(C)COC(=O)C2CCCCN2C(=O)C(=O)C2OC1C(OC)CC2C. The number of hydrogen-bond acceptors (Lipinski definition) is 8. The Morgan fingerprint density at radius 3 is 2.33 bits per heavy atom. The minimum atomic E-state index is -0.947. The molecule has 0 aliphatic carbocycles. The number of esters is 1. The number of allylic oxidation sites excluding steroid dienone is 2. The van der Waals surface area contributed by atoms with E-state index in [0.717, 1.165) is 18.4 Å². The molecule has 3 rings (SSSR count). The summed E-state index contributed by atoms with van der Waals surface area (Å²) in [5.74, 6) is -1.66. The van der Waals surface area contributed by atoms with E-state index in [4.69, 9.17) is 18.9 Å². The van der Waals surface area contributed by atoms with Gasteiger partial charge in [-0.2, -0.15) is 0 Å². The zero-order valence-electron chi connectivity index (χ0n) is 25.2. The fraction of sp³-hybridized carbons (Fsp3) is 0.806. The highest BCUT2D eigenvalue weighted by molar-refractivity contribution is 6.38. The van der Waals surface area contributed by atoms with Gasteiger partial charge in [-0.25, -0.2) is 4.79 Å². The Balaban J connectivity index is 1.89. The van der Waals surface area contributed by atoms with Crippen LogP contribution in [-0.2, 0) is 38.1 Å². The van der Waals surface area contributed by atoms with Crippen LogP contribution in [0.25, 0.3) is 0 Å². The van der Waals surface area contributed by atoms with Crippen molar-refractivity contribution in [3.8, 4) is 0 Å². The van der Waals surface area contributed by atoms with Gasteiger partial charge in [0.2, 0.25) is 5.78 Å². The van der Waals surface area contributed by atoms with E-state index in [1.54, 1.807) is 14.2 Å². The minimum Gasteiger partial charge on any atom is -0.464 e. The number of fused-ring (bicyclic) bond motifs is 3. The summed E-state index contributed by atoms with van der Waals surface area (Å²) in [6, 6.07) is -0.796. The Morgan fingerprint density at radius 1 is 0.925 bits per heavy atom. The summed E-state index contributed by atoms with van der Waals surface area (Å²) in [7, 11) is 3.25. The topological polar surface area (TPSA) is 108 Å². The van der Waals surface area contributed by atoms with Crippen LogP contribution in [0.15, 0.2) is 11.6 Å². The van der Waals surface area contributed by atoms with E-state index in [0.29, 0.717) is 51.5 Å². The molecular formula is C31H49NO8. The third-order valence-electron chi connectivity index (χ3n) is 8.68. The fourth-order valence-corrected chi connectivity index (χ4v) is 6.25. The predicted octanol–water partition coefficient (Wildman–Crippen LogP) is 4.06. The molecule has 0 aromatic carbocycles. The lowest BCUT2D eigenvalue weighted by molar-refractivity contribution is -0.199. The molecule has 3 aliphatic heterocycles. The van der Waals surface area contributed by atoms with Crippen molar-refractivity contribution in [3.05, 3.63) is 11.6 Å². The molecule has 8 atom stereocenters. The van der Waals surface area contributed by atoms with E-state index in [2.05, 4.69) is 6.92 Å². The molecule has 3 heterocycles. The van der Waals surface area contributed by atoms with Crippen LogP contribution >= 0.6 is 0 Å². The van der Waals surface area contributed by atoms with Crippen molar-refractivity contribution in [2.45, 2.75) is 116 Å². The first kappa shape index (κ1) is 32.4. The fourth-order valence-electron chi connectivity index (χ4n) is 6.25. The lowest BCUT2D eigenvalue weighted by atomic mass is 9.84. The molecule has 2 fully saturated rings. The van der Waals surface area contributed by atoms with Crippen molar-refractivity contribution in [1.29, 1.82) is 0 Å². The highest BCUT2D eigenvalue weighted by atomic mass is 16.6. The van der Waals surface area contributed by atoms with Crippen molar-refractivity contribution in [2.24, 2.45) is 17.8 Å². The molecule has 0 saturated carbocycles. The number of methoxy groups -OCH3 is 2. The standard InChI is InChI=1S/C31H49NO8/c1-19-10-12-23(33)13-11-20(2)18-39-31(36)24-9-7-8-14-32(24)30(35)27(34)28-22(4)17-26(38-6)29(40-28)25(37-5)16-21(3)15-19/h10,20-22,24-26,28-29H,7-9,11-18H2,1-6H3. The molecule has 1 amide bonds. The average molecular weight is 564 g/mol. The second-order valence-corrected chi connectivity index (χ2v) is 12.3. The number of nitrogens with zero attached hydrogens (tertiary/aromatic N) is 1. The van der Waals surface area contributed by atoms with Gasteiger partial charge in [-0.05, 0) is 69.6 Å². The summed E-state index contributed by atoms with van der Waals surface area (Å²) in [5, 5.41) is 0. The molecule has 0 spiro atoms. The molecule has 2 saturated heterocycles. The first-order valence-electron chi connectivity index (χ1n) is 14.9. The minimum absolute atomic E-state index is 0.00890. The quantitative estimate of drug-likeness (QED) is 0.281. The summed E-state index contributed by atoms with van der Waals surface area (Å²) in [4.78, 5) is 54.2. The Labute approximate surface area is 239 Å². The van der Waals surface area contributed by atoms with Crippen LogP contribution in [0.1, 0.15) is 85.5 Å². The number of cyclic esters (lactones) is 1. The summed E-state index contributed by atoms with van der Waals surface area (Å²) in [6.07, 6.45) is 5.28. The maximum absolute atomic E-state index is 13.6. The van der Waals surface area contributed by atoms with Crippen molar-refractivity contribution in [3.63, 3.8) is 0 Å². The number of hydrogen-bond donors (Lipinski definition) is 0. The molecule has 3 aliphatic rings. The van der Waals surface area contributed by atoms with Gasteiger partial charge in [0.1, 0.15) is 24.0 Å². The molecule has 9 nitrogen and oxygen atoms in total. The van der Waals surface area contributed by atoms with E-state index in [9.17, 15) is 19.2 Å². The van der Waals surface area contributed by atoms with Crippen molar-refractivity contribution >= 4 is 23.4 Å². The Morgan fingerprint density at radius 2 is 1.62 bits per heavy atom. The van der Waals surface area contributed by atoms with Crippen molar-refractivity contribution in [2.75, 3.05) is 27.4 Å². The number of ketones is 2. The van der Waals surface area contributed by atoms with E-state index in [1.807, 2.05) is 26.8 Å². The normalized spacial score (nSPS) is 36.2. The molecule has 0 aromatic heterocycles. The zero-order chi connectivity index (χ0) is 29.4. The largest absolute Gasteiger partial charge is 0.464 e.